The van der Waals surface area contributed by atoms with Crippen molar-refractivity contribution in [3.8, 4) is 0 Å². The Balaban J connectivity index is 2.91. The van der Waals surface area contributed by atoms with Gasteiger partial charge in [-0.15, -0.1) is 11.3 Å². The van der Waals surface area contributed by atoms with Crippen LogP contribution in [0.5, 0.6) is 0 Å². The molecular weight excluding hydrogens is 410 g/mol. The molecule has 2 amide bonds. The van der Waals surface area contributed by atoms with E-state index in [4.69, 9.17) is 14.9 Å². The van der Waals surface area contributed by atoms with Gasteiger partial charge in [0.05, 0.1) is 13.7 Å². The van der Waals surface area contributed by atoms with Crippen LogP contribution in [-0.2, 0) is 14.2 Å². The van der Waals surface area contributed by atoms with E-state index in [-0.39, 0.29) is 6.54 Å². The summed E-state index contributed by atoms with van der Waals surface area (Å²) in [5, 5.41) is 10.3. The van der Waals surface area contributed by atoms with Gasteiger partial charge in [-0.3, -0.25) is 10.7 Å². The minimum absolute atomic E-state index is 0.0466. The summed E-state index contributed by atoms with van der Waals surface area (Å²) >= 11 is 1.22. The van der Waals surface area contributed by atoms with Crippen molar-refractivity contribution in [3.05, 3.63) is 28.0 Å². The fourth-order valence-electron chi connectivity index (χ4n) is 1.97. The van der Waals surface area contributed by atoms with Crippen LogP contribution in [0, 0.1) is 5.41 Å². The van der Waals surface area contributed by atoms with Gasteiger partial charge in [-0.05, 0) is 59.8 Å². The molecule has 166 valence electrons. The van der Waals surface area contributed by atoms with Gasteiger partial charge in [0, 0.05) is 4.88 Å². The fraction of sp³-hybridized carbons (Fsp3) is 0.500. The molecule has 0 radical (unpaired) electrons. The number of amides is 2. The molecule has 1 heterocycles. The number of methoxy groups -OCH3 is 1. The number of esters is 1. The number of carbonyl (C=O) groups excluding carboxylic acids is 3. The first-order valence-corrected chi connectivity index (χ1v) is 9.97. The second-order valence-corrected chi connectivity index (χ2v) is 9.28. The Morgan fingerprint density at radius 1 is 1.10 bits per heavy atom. The third-order valence-electron chi connectivity index (χ3n) is 3.09. The molecule has 10 heteroatoms. The number of thiophene rings is 1. The van der Waals surface area contributed by atoms with E-state index in [2.05, 4.69) is 10.1 Å². The van der Waals surface area contributed by atoms with Crippen LogP contribution >= 0.6 is 11.3 Å². The first-order valence-electron chi connectivity index (χ1n) is 9.15. The summed E-state index contributed by atoms with van der Waals surface area (Å²) in [6.07, 6.45) is 1.65. The lowest BCUT2D eigenvalue weighted by atomic mass is 10.2. The van der Waals surface area contributed by atoms with Crippen molar-refractivity contribution in [1.82, 2.24) is 10.2 Å². The van der Waals surface area contributed by atoms with Crippen molar-refractivity contribution in [1.29, 1.82) is 5.41 Å². The number of nitrogens with one attached hydrogen (secondary N) is 2. The van der Waals surface area contributed by atoms with Gasteiger partial charge in [0.2, 0.25) is 5.96 Å². The zero-order valence-corrected chi connectivity index (χ0v) is 19.1. The highest BCUT2D eigenvalue weighted by Crippen LogP contribution is 2.19. The van der Waals surface area contributed by atoms with Gasteiger partial charge in [-0.25, -0.2) is 19.3 Å². The zero-order valence-electron chi connectivity index (χ0n) is 18.3. The third-order valence-corrected chi connectivity index (χ3v) is 4.12. The van der Waals surface area contributed by atoms with E-state index in [1.54, 1.807) is 65.8 Å². The average Bonchev–Trinajstić information content (AvgIpc) is 3.03. The highest BCUT2D eigenvalue weighted by molar-refractivity contribution is 7.14. The number of ether oxygens (including phenoxy) is 3. The number of hydrogen-bond acceptors (Lipinski definition) is 8. The van der Waals surface area contributed by atoms with Crippen LogP contribution in [0.25, 0.3) is 6.08 Å². The van der Waals surface area contributed by atoms with Gasteiger partial charge in [0.15, 0.2) is 0 Å². The molecule has 2 N–H and O–H groups in total. The topological polar surface area (TPSA) is 118 Å². The van der Waals surface area contributed by atoms with Crippen LogP contribution in [0.2, 0.25) is 0 Å². The molecule has 0 aromatic carbocycles. The van der Waals surface area contributed by atoms with E-state index in [0.717, 1.165) is 9.78 Å². The van der Waals surface area contributed by atoms with E-state index in [9.17, 15) is 14.4 Å². The second-order valence-electron chi connectivity index (χ2n) is 8.16. The van der Waals surface area contributed by atoms with Crippen LogP contribution in [0.3, 0.4) is 0 Å². The third kappa shape index (κ3) is 9.08. The molecule has 0 fully saturated rings. The van der Waals surface area contributed by atoms with E-state index in [0.29, 0.717) is 4.88 Å². The Bertz CT molecular complexity index is 817. The molecule has 1 aromatic heterocycles. The van der Waals surface area contributed by atoms with Crippen molar-refractivity contribution < 1.29 is 28.6 Å². The standard InChI is InChI=1S/C20H29N3O6S/c1-19(2,3)28-17(25)22-16(21)23(18(26)29-20(4,5)6)12-8-9-13-10-11-14(30-13)15(24)27-7/h8-11H,12H2,1-7H3,(H2,21,22,25). The van der Waals surface area contributed by atoms with Crippen molar-refractivity contribution in [2.75, 3.05) is 13.7 Å². The molecule has 1 aromatic rings. The Morgan fingerprint density at radius 2 is 1.70 bits per heavy atom. The summed E-state index contributed by atoms with van der Waals surface area (Å²) in [5.41, 5.74) is -1.54. The average molecular weight is 440 g/mol. The monoisotopic (exact) mass is 439 g/mol. The number of hydrogen-bond donors (Lipinski definition) is 2. The maximum absolute atomic E-state index is 12.5. The number of rotatable bonds is 4. The Morgan fingerprint density at radius 3 is 2.23 bits per heavy atom. The molecule has 9 nitrogen and oxygen atoms in total. The fourth-order valence-corrected chi connectivity index (χ4v) is 2.83. The highest BCUT2D eigenvalue weighted by Gasteiger charge is 2.26. The largest absolute Gasteiger partial charge is 0.465 e. The van der Waals surface area contributed by atoms with Crippen LogP contribution in [-0.4, -0.2) is 53.9 Å². The highest BCUT2D eigenvalue weighted by atomic mass is 32.1. The molecule has 0 spiro atoms. The smallest absolute Gasteiger partial charge is 0.417 e. The summed E-state index contributed by atoms with van der Waals surface area (Å²) in [5.74, 6) is -0.914. The molecule has 0 saturated carbocycles. The summed E-state index contributed by atoms with van der Waals surface area (Å²) in [7, 11) is 1.31. The first-order chi connectivity index (χ1) is 13.7. The normalized spacial score (nSPS) is 11.7. The number of carbonyl (C=O) groups is 3. The number of nitrogens with zero attached hydrogens (tertiary/aromatic N) is 1. The molecule has 0 aliphatic carbocycles. The van der Waals surface area contributed by atoms with E-state index in [1.165, 1.54) is 18.4 Å². The van der Waals surface area contributed by atoms with Gasteiger partial charge < -0.3 is 14.2 Å². The van der Waals surface area contributed by atoms with Crippen LogP contribution in [0.4, 0.5) is 9.59 Å². The quantitative estimate of drug-likeness (QED) is 0.313. The second kappa shape index (κ2) is 10.2. The summed E-state index contributed by atoms with van der Waals surface area (Å²) in [6, 6.07) is 3.36. The summed E-state index contributed by atoms with van der Waals surface area (Å²) in [4.78, 5) is 38.2. The molecule has 0 aliphatic rings. The van der Waals surface area contributed by atoms with Crippen LogP contribution < -0.4 is 5.32 Å². The van der Waals surface area contributed by atoms with E-state index in [1.807, 2.05) is 0 Å². The molecule has 0 atom stereocenters. The van der Waals surface area contributed by atoms with Gasteiger partial charge >= 0.3 is 18.2 Å². The molecule has 0 unspecified atom stereocenters. The maximum atomic E-state index is 12.5. The molecular formula is C20H29N3O6S. The predicted octanol–water partition coefficient (Wildman–Crippen LogP) is 4.24. The lowest BCUT2D eigenvalue weighted by Crippen LogP contribution is -2.49. The van der Waals surface area contributed by atoms with E-state index < -0.39 is 35.3 Å². The first kappa shape index (κ1) is 25.2. The summed E-state index contributed by atoms with van der Waals surface area (Å²) < 4.78 is 15.1. The Labute approximate surface area is 180 Å². The van der Waals surface area contributed by atoms with Gasteiger partial charge in [0.1, 0.15) is 16.1 Å². The van der Waals surface area contributed by atoms with Crippen LogP contribution in [0.15, 0.2) is 18.2 Å². The minimum atomic E-state index is -0.856. The van der Waals surface area contributed by atoms with Gasteiger partial charge in [-0.2, -0.15) is 0 Å². The summed E-state index contributed by atoms with van der Waals surface area (Å²) in [6.45, 7) is 10.1. The lowest BCUT2D eigenvalue weighted by molar-refractivity contribution is 0.0371. The van der Waals surface area contributed by atoms with Gasteiger partial charge in [-0.1, -0.05) is 6.08 Å². The van der Waals surface area contributed by atoms with Crippen molar-refractivity contribution in [2.24, 2.45) is 0 Å². The lowest BCUT2D eigenvalue weighted by Gasteiger charge is -2.27. The van der Waals surface area contributed by atoms with Crippen LogP contribution in [0.1, 0.15) is 56.1 Å². The molecule has 1 rings (SSSR count). The SMILES string of the molecule is COC(=O)c1ccc(C=CCN(C(=N)NC(=O)OC(C)(C)C)C(=O)OC(C)(C)C)s1. The maximum Gasteiger partial charge on any atom is 0.417 e. The minimum Gasteiger partial charge on any atom is -0.465 e. The van der Waals surface area contributed by atoms with Crippen molar-refractivity contribution in [2.45, 2.75) is 52.7 Å². The molecule has 0 bridgehead atoms. The number of alkyl carbamates (subject to hydrolysis) is 1. The van der Waals surface area contributed by atoms with E-state index >= 15 is 0 Å². The van der Waals surface area contributed by atoms with Crippen molar-refractivity contribution in [3.63, 3.8) is 0 Å². The van der Waals surface area contributed by atoms with Gasteiger partial charge in [0.25, 0.3) is 0 Å². The molecule has 30 heavy (non-hydrogen) atoms. The zero-order chi connectivity index (χ0) is 23.1. The Kier molecular flexibility index (Phi) is 8.59. The Hall–Kier alpha value is -2.88. The molecule has 0 aliphatic heterocycles. The number of guanidine groups is 1. The molecule has 0 saturated heterocycles. The van der Waals surface area contributed by atoms with Crippen molar-refractivity contribution >= 4 is 41.5 Å². The predicted molar refractivity (Wildman–Crippen MR) is 115 cm³/mol.